The molecule has 1 saturated heterocycles. The van der Waals surface area contributed by atoms with Gasteiger partial charge in [0.1, 0.15) is 4.90 Å². The van der Waals surface area contributed by atoms with Crippen LogP contribution in [0.2, 0.25) is 5.02 Å². The first-order valence-electron chi connectivity index (χ1n) is 6.36. The second-order valence-electron chi connectivity index (χ2n) is 5.01. The number of hydrogen-bond donors (Lipinski definition) is 1. The molecule has 1 aliphatic rings. The van der Waals surface area contributed by atoms with Crippen molar-refractivity contribution in [3.05, 3.63) is 28.8 Å². The third-order valence-electron chi connectivity index (χ3n) is 3.45. The molecular weight excluding hydrogens is 284 g/mol. The molecule has 0 radical (unpaired) electrons. The van der Waals surface area contributed by atoms with Crippen molar-refractivity contribution in [2.45, 2.75) is 18.2 Å². The average molecular weight is 303 g/mol. The van der Waals surface area contributed by atoms with E-state index >= 15 is 0 Å². The zero-order valence-corrected chi connectivity index (χ0v) is 12.8. The molecule has 1 heterocycles. The number of aryl methyl sites for hydroxylation is 1. The van der Waals surface area contributed by atoms with E-state index < -0.39 is 10.0 Å². The number of hydrogen-bond acceptors (Lipinski definition) is 3. The molecule has 0 aromatic heterocycles. The molecule has 1 aromatic rings. The summed E-state index contributed by atoms with van der Waals surface area (Å²) in [6.45, 7) is 3.84. The first kappa shape index (κ1) is 14.8. The number of halogens is 1. The summed E-state index contributed by atoms with van der Waals surface area (Å²) in [5, 5.41) is 3.39. The average Bonchev–Trinajstić information content (AvgIpc) is 2.82. The largest absolute Gasteiger partial charge is 0.319 e. The molecule has 2 rings (SSSR count). The molecule has 1 aliphatic heterocycles. The lowest BCUT2D eigenvalue weighted by molar-refractivity contribution is 0.451. The van der Waals surface area contributed by atoms with Gasteiger partial charge in [0.2, 0.25) is 10.0 Å². The van der Waals surface area contributed by atoms with Gasteiger partial charge in [-0.1, -0.05) is 17.7 Å². The third kappa shape index (κ3) is 3.11. The minimum atomic E-state index is -3.47. The molecule has 1 unspecified atom stereocenters. The highest BCUT2D eigenvalue weighted by Gasteiger charge is 2.33. The lowest BCUT2D eigenvalue weighted by Gasteiger charge is -2.18. The molecule has 0 spiro atoms. The Bertz CT molecular complexity index is 560. The maximum Gasteiger partial charge on any atom is 0.244 e. The molecule has 0 amide bonds. The lowest BCUT2D eigenvalue weighted by Crippen LogP contribution is -2.30. The highest BCUT2D eigenvalue weighted by Crippen LogP contribution is 2.29. The first-order valence-corrected chi connectivity index (χ1v) is 8.18. The number of rotatable bonds is 4. The number of nitrogens with zero attached hydrogens (tertiary/aromatic N) is 1. The standard InChI is InChI=1S/C13H19ClN2O2S/c1-10-3-4-12(14)13(7-10)19(17,18)16-6-5-11(9-16)8-15-2/h3-4,7,11,15H,5-6,8-9H2,1-2H3. The van der Waals surface area contributed by atoms with Crippen LogP contribution in [0.1, 0.15) is 12.0 Å². The second kappa shape index (κ2) is 5.79. The van der Waals surface area contributed by atoms with Crippen LogP contribution in [0, 0.1) is 12.8 Å². The molecule has 1 N–H and O–H groups in total. The van der Waals surface area contributed by atoms with Gasteiger partial charge in [-0.05, 0) is 50.6 Å². The van der Waals surface area contributed by atoms with E-state index in [2.05, 4.69) is 5.32 Å². The Morgan fingerprint density at radius 3 is 2.89 bits per heavy atom. The van der Waals surface area contributed by atoms with Crippen molar-refractivity contribution in [1.82, 2.24) is 9.62 Å². The van der Waals surface area contributed by atoms with E-state index in [9.17, 15) is 8.42 Å². The maximum absolute atomic E-state index is 12.6. The summed E-state index contributed by atoms with van der Waals surface area (Å²) in [7, 11) is -1.59. The molecule has 1 fully saturated rings. The van der Waals surface area contributed by atoms with Gasteiger partial charge in [-0.3, -0.25) is 0 Å². The molecule has 1 atom stereocenters. The predicted molar refractivity (Wildman–Crippen MR) is 77.0 cm³/mol. The van der Waals surface area contributed by atoms with Crippen molar-refractivity contribution in [3.63, 3.8) is 0 Å². The van der Waals surface area contributed by atoms with Gasteiger partial charge >= 0.3 is 0 Å². The van der Waals surface area contributed by atoms with Crippen LogP contribution in [-0.4, -0.2) is 39.4 Å². The van der Waals surface area contributed by atoms with Crippen molar-refractivity contribution < 1.29 is 8.42 Å². The van der Waals surface area contributed by atoms with Crippen LogP contribution in [0.3, 0.4) is 0 Å². The van der Waals surface area contributed by atoms with Crippen LogP contribution in [0.15, 0.2) is 23.1 Å². The van der Waals surface area contributed by atoms with Crippen molar-refractivity contribution in [3.8, 4) is 0 Å². The zero-order chi connectivity index (χ0) is 14.0. The minimum Gasteiger partial charge on any atom is -0.319 e. The van der Waals surface area contributed by atoms with Crippen LogP contribution in [0.5, 0.6) is 0 Å². The van der Waals surface area contributed by atoms with E-state index in [0.29, 0.717) is 24.0 Å². The van der Waals surface area contributed by atoms with Crippen molar-refractivity contribution in [1.29, 1.82) is 0 Å². The molecule has 106 valence electrons. The van der Waals surface area contributed by atoms with Gasteiger partial charge in [0, 0.05) is 13.1 Å². The number of benzene rings is 1. The number of sulfonamides is 1. The van der Waals surface area contributed by atoms with E-state index in [-0.39, 0.29) is 4.90 Å². The summed E-state index contributed by atoms with van der Waals surface area (Å²) < 4.78 is 26.7. The van der Waals surface area contributed by atoms with Gasteiger partial charge in [0.05, 0.1) is 5.02 Å². The van der Waals surface area contributed by atoms with Gasteiger partial charge in [0.25, 0.3) is 0 Å². The quantitative estimate of drug-likeness (QED) is 0.924. The monoisotopic (exact) mass is 302 g/mol. The summed E-state index contributed by atoms with van der Waals surface area (Å²) in [6.07, 6.45) is 0.892. The van der Waals surface area contributed by atoms with Gasteiger partial charge in [-0.15, -0.1) is 0 Å². The first-order chi connectivity index (χ1) is 8.95. The van der Waals surface area contributed by atoms with Crippen LogP contribution >= 0.6 is 11.6 Å². The topological polar surface area (TPSA) is 49.4 Å². The van der Waals surface area contributed by atoms with Gasteiger partial charge in [0.15, 0.2) is 0 Å². The second-order valence-corrected chi connectivity index (χ2v) is 7.32. The molecule has 0 saturated carbocycles. The Kier molecular flexibility index (Phi) is 4.50. The van der Waals surface area contributed by atoms with Gasteiger partial charge < -0.3 is 5.32 Å². The Morgan fingerprint density at radius 2 is 2.21 bits per heavy atom. The lowest BCUT2D eigenvalue weighted by atomic mass is 10.1. The molecule has 19 heavy (non-hydrogen) atoms. The van der Waals surface area contributed by atoms with Crippen LogP contribution < -0.4 is 5.32 Å². The fourth-order valence-corrected chi connectivity index (χ4v) is 4.51. The van der Waals surface area contributed by atoms with E-state index in [1.807, 2.05) is 20.0 Å². The highest BCUT2D eigenvalue weighted by atomic mass is 35.5. The van der Waals surface area contributed by atoms with Crippen LogP contribution in [-0.2, 0) is 10.0 Å². The smallest absolute Gasteiger partial charge is 0.244 e. The summed E-state index contributed by atoms with van der Waals surface area (Å²) in [5.74, 6) is 0.378. The van der Waals surface area contributed by atoms with E-state index in [1.54, 1.807) is 12.1 Å². The fraction of sp³-hybridized carbons (Fsp3) is 0.538. The van der Waals surface area contributed by atoms with E-state index in [1.165, 1.54) is 4.31 Å². The SMILES string of the molecule is CNCC1CCN(S(=O)(=O)c2cc(C)ccc2Cl)C1. The van der Waals surface area contributed by atoms with Gasteiger partial charge in [-0.25, -0.2) is 8.42 Å². The molecule has 1 aromatic carbocycles. The summed E-state index contributed by atoms with van der Waals surface area (Å²) >= 11 is 6.04. The summed E-state index contributed by atoms with van der Waals surface area (Å²) in [6, 6.07) is 5.10. The summed E-state index contributed by atoms with van der Waals surface area (Å²) in [4.78, 5) is 0.222. The Labute approximate surface area is 119 Å². The van der Waals surface area contributed by atoms with E-state index in [0.717, 1.165) is 18.5 Å². The van der Waals surface area contributed by atoms with Gasteiger partial charge in [-0.2, -0.15) is 4.31 Å². The maximum atomic E-state index is 12.6. The molecular formula is C13H19ClN2O2S. The summed E-state index contributed by atoms with van der Waals surface area (Å²) in [5.41, 5.74) is 0.897. The molecule has 0 aliphatic carbocycles. The Balaban J connectivity index is 2.26. The number of nitrogens with one attached hydrogen (secondary N) is 1. The molecule has 0 bridgehead atoms. The predicted octanol–water partition coefficient (Wildman–Crippen LogP) is 1.88. The minimum absolute atomic E-state index is 0.222. The fourth-order valence-electron chi connectivity index (χ4n) is 2.42. The Morgan fingerprint density at radius 1 is 1.47 bits per heavy atom. The van der Waals surface area contributed by atoms with Crippen molar-refractivity contribution >= 4 is 21.6 Å². The van der Waals surface area contributed by atoms with Crippen molar-refractivity contribution in [2.75, 3.05) is 26.7 Å². The molecule has 4 nitrogen and oxygen atoms in total. The zero-order valence-electron chi connectivity index (χ0n) is 11.2. The molecule has 6 heteroatoms. The van der Waals surface area contributed by atoms with Crippen molar-refractivity contribution in [2.24, 2.45) is 5.92 Å². The third-order valence-corrected chi connectivity index (χ3v) is 5.79. The normalized spacial score (nSPS) is 20.9. The highest BCUT2D eigenvalue weighted by molar-refractivity contribution is 7.89. The van der Waals surface area contributed by atoms with E-state index in [4.69, 9.17) is 11.6 Å². The Hall–Kier alpha value is -0.620. The van der Waals surface area contributed by atoms with Crippen LogP contribution in [0.4, 0.5) is 0 Å². The van der Waals surface area contributed by atoms with Crippen LogP contribution in [0.25, 0.3) is 0 Å².